The van der Waals surface area contributed by atoms with Gasteiger partial charge in [-0.1, -0.05) is 18.5 Å². The molecule has 0 fully saturated rings. The molecule has 76 valence electrons. The van der Waals surface area contributed by atoms with Crippen LogP contribution in [0.1, 0.15) is 13.3 Å². The van der Waals surface area contributed by atoms with E-state index in [2.05, 4.69) is 4.98 Å². The largest absolute Gasteiger partial charge is 0.477 e. The number of ether oxygens (including phenoxy) is 1. The highest BCUT2D eigenvalue weighted by atomic mass is 35.5. The van der Waals surface area contributed by atoms with E-state index in [-0.39, 0.29) is 16.6 Å². The van der Waals surface area contributed by atoms with Crippen molar-refractivity contribution >= 4 is 17.3 Å². The average Bonchev–Trinajstić information content (AvgIpc) is 2.15. The highest BCUT2D eigenvalue weighted by Crippen LogP contribution is 2.25. The van der Waals surface area contributed by atoms with E-state index in [0.29, 0.717) is 6.61 Å². The van der Waals surface area contributed by atoms with Gasteiger partial charge in [0.2, 0.25) is 5.88 Å². The zero-order valence-electron chi connectivity index (χ0n) is 7.57. The molecule has 0 saturated carbocycles. The third-order valence-corrected chi connectivity index (χ3v) is 1.72. The van der Waals surface area contributed by atoms with Crippen molar-refractivity contribution in [1.82, 2.24) is 4.98 Å². The molecule has 0 aliphatic carbocycles. The molecule has 6 heteroatoms. The second kappa shape index (κ2) is 4.76. The van der Waals surface area contributed by atoms with Crippen LogP contribution in [0.4, 0.5) is 5.69 Å². The molecular formula is C8H9ClN2O3. The van der Waals surface area contributed by atoms with Crippen molar-refractivity contribution in [3.8, 4) is 5.88 Å². The molecular weight excluding hydrogens is 208 g/mol. The smallest absolute Gasteiger partial charge is 0.289 e. The lowest BCUT2D eigenvalue weighted by atomic mass is 10.4. The summed E-state index contributed by atoms with van der Waals surface area (Å²) in [6.45, 7) is 2.43. The molecule has 0 atom stereocenters. The van der Waals surface area contributed by atoms with Gasteiger partial charge in [0.15, 0.2) is 0 Å². The van der Waals surface area contributed by atoms with Crippen molar-refractivity contribution < 1.29 is 9.66 Å². The SMILES string of the molecule is CCCOc1ncc([N+](=O)[O-])cc1Cl. The minimum absolute atomic E-state index is 0.140. The molecule has 0 N–H and O–H groups in total. The molecule has 0 aliphatic heterocycles. The lowest BCUT2D eigenvalue weighted by Crippen LogP contribution is -1.98. The first-order chi connectivity index (χ1) is 6.65. The summed E-state index contributed by atoms with van der Waals surface area (Å²) in [5, 5.41) is 10.5. The summed E-state index contributed by atoms with van der Waals surface area (Å²) in [5.41, 5.74) is -0.140. The normalized spacial score (nSPS) is 9.86. The van der Waals surface area contributed by atoms with Crippen molar-refractivity contribution in [3.05, 3.63) is 27.4 Å². The Balaban J connectivity index is 2.84. The van der Waals surface area contributed by atoms with Gasteiger partial charge in [0.05, 0.1) is 11.5 Å². The maximum Gasteiger partial charge on any atom is 0.289 e. The Morgan fingerprint density at radius 3 is 2.93 bits per heavy atom. The van der Waals surface area contributed by atoms with Crippen molar-refractivity contribution in [3.63, 3.8) is 0 Å². The summed E-state index contributed by atoms with van der Waals surface area (Å²) in [4.78, 5) is 13.5. The second-order valence-corrected chi connectivity index (χ2v) is 2.99. The first kappa shape index (κ1) is 10.7. The van der Waals surface area contributed by atoms with Gasteiger partial charge in [0.25, 0.3) is 5.69 Å². The van der Waals surface area contributed by atoms with Crippen LogP contribution < -0.4 is 4.74 Å². The Labute approximate surface area is 85.8 Å². The highest BCUT2D eigenvalue weighted by molar-refractivity contribution is 6.32. The molecule has 1 aromatic rings. The van der Waals surface area contributed by atoms with Gasteiger partial charge in [-0.05, 0) is 6.42 Å². The van der Waals surface area contributed by atoms with Crippen molar-refractivity contribution in [1.29, 1.82) is 0 Å². The minimum Gasteiger partial charge on any atom is -0.477 e. The molecule has 0 amide bonds. The predicted molar refractivity (Wildman–Crippen MR) is 51.7 cm³/mol. The van der Waals surface area contributed by atoms with E-state index in [1.54, 1.807) is 0 Å². The Morgan fingerprint density at radius 1 is 1.71 bits per heavy atom. The standard InChI is InChI=1S/C8H9ClN2O3/c1-2-3-14-8-7(9)4-6(5-10-8)11(12)13/h4-5H,2-3H2,1H3. The first-order valence-corrected chi connectivity index (χ1v) is 4.45. The van der Waals surface area contributed by atoms with E-state index in [1.165, 1.54) is 6.07 Å². The number of rotatable bonds is 4. The molecule has 0 unspecified atom stereocenters. The molecule has 1 heterocycles. The Hall–Kier alpha value is -1.36. The van der Waals surface area contributed by atoms with Gasteiger partial charge in [0.1, 0.15) is 11.2 Å². The molecule has 1 rings (SSSR count). The van der Waals surface area contributed by atoms with E-state index in [0.717, 1.165) is 12.6 Å². The zero-order valence-corrected chi connectivity index (χ0v) is 8.32. The van der Waals surface area contributed by atoms with Crippen LogP contribution in [0.15, 0.2) is 12.3 Å². The molecule has 0 aromatic carbocycles. The van der Waals surface area contributed by atoms with Gasteiger partial charge < -0.3 is 4.74 Å². The Morgan fingerprint density at radius 2 is 2.43 bits per heavy atom. The van der Waals surface area contributed by atoms with Gasteiger partial charge in [0, 0.05) is 6.07 Å². The number of nitro groups is 1. The van der Waals surface area contributed by atoms with Crippen molar-refractivity contribution in [2.24, 2.45) is 0 Å². The van der Waals surface area contributed by atoms with Gasteiger partial charge in [-0.15, -0.1) is 0 Å². The third kappa shape index (κ3) is 2.56. The molecule has 0 spiro atoms. The molecule has 0 aliphatic rings. The lowest BCUT2D eigenvalue weighted by molar-refractivity contribution is -0.385. The fourth-order valence-electron chi connectivity index (χ4n) is 0.820. The summed E-state index contributed by atoms with van der Waals surface area (Å²) < 4.78 is 5.16. The first-order valence-electron chi connectivity index (χ1n) is 4.08. The van der Waals surface area contributed by atoms with Crippen LogP contribution in [0.3, 0.4) is 0 Å². The quantitative estimate of drug-likeness (QED) is 0.573. The van der Waals surface area contributed by atoms with Crippen LogP contribution in [0.2, 0.25) is 5.02 Å². The molecule has 0 radical (unpaired) electrons. The van der Waals surface area contributed by atoms with E-state index < -0.39 is 4.92 Å². The molecule has 0 bridgehead atoms. The summed E-state index contributed by atoms with van der Waals surface area (Å²) in [5.74, 6) is 0.235. The van der Waals surface area contributed by atoms with Crippen molar-refractivity contribution in [2.45, 2.75) is 13.3 Å². The number of aromatic nitrogens is 1. The van der Waals surface area contributed by atoms with Gasteiger partial charge in [-0.25, -0.2) is 4.98 Å². The number of hydrogen-bond acceptors (Lipinski definition) is 4. The zero-order chi connectivity index (χ0) is 10.6. The molecule has 5 nitrogen and oxygen atoms in total. The highest BCUT2D eigenvalue weighted by Gasteiger charge is 2.11. The van der Waals surface area contributed by atoms with Crippen LogP contribution in [0.5, 0.6) is 5.88 Å². The van der Waals surface area contributed by atoms with Crippen LogP contribution in [-0.2, 0) is 0 Å². The van der Waals surface area contributed by atoms with Crippen molar-refractivity contribution in [2.75, 3.05) is 6.61 Å². The maximum atomic E-state index is 10.3. The fourth-order valence-corrected chi connectivity index (χ4v) is 1.04. The van der Waals surface area contributed by atoms with Crippen LogP contribution in [-0.4, -0.2) is 16.5 Å². The number of hydrogen-bond donors (Lipinski definition) is 0. The van der Waals surface area contributed by atoms with Crippen LogP contribution >= 0.6 is 11.6 Å². The average molecular weight is 217 g/mol. The molecule has 0 saturated heterocycles. The van der Waals surface area contributed by atoms with Gasteiger partial charge >= 0.3 is 0 Å². The lowest BCUT2D eigenvalue weighted by Gasteiger charge is -2.03. The molecule has 14 heavy (non-hydrogen) atoms. The van der Waals surface area contributed by atoms with E-state index in [1.807, 2.05) is 6.92 Å². The summed E-state index contributed by atoms with van der Waals surface area (Å²) in [7, 11) is 0. The van der Waals surface area contributed by atoms with Gasteiger partial charge in [-0.3, -0.25) is 10.1 Å². The summed E-state index contributed by atoms with van der Waals surface area (Å²) >= 11 is 5.72. The van der Waals surface area contributed by atoms with E-state index in [9.17, 15) is 10.1 Å². The van der Waals surface area contributed by atoms with E-state index in [4.69, 9.17) is 16.3 Å². The maximum absolute atomic E-state index is 10.3. The number of halogens is 1. The number of nitrogens with zero attached hydrogens (tertiary/aromatic N) is 2. The minimum atomic E-state index is -0.553. The summed E-state index contributed by atoms with van der Waals surface area (Å²) in [6.07, 6.45) is 1.95. The number of pyridine rings is 1. The predicted octanol–water partition coefficient (Wildman–Crippen LogP) is 2.43. The third-order valence-electron chi connectivity index (χ3n) is 1.45. The monoisotopic (exact) mass is 216 g/mol. The Bertz CT molecular complexity index is 343. The molecule has 1 aromatic heterocycles. The van der Waals surface area contributed by atoms with E-state index >= 15 is 0 Å². The second-order valence-electron chi connectivity index (χ2n) is 2.59. The topological polar surface area (TPSA) is 65.3 Å². The fraction of sp³-hybridized carbons (Fsp3) is 0.375. The van der Waals surface area contributed by atoms with Crippen LogP contribution in [0.25, 0.3) is 0 Å². The van der Waals surface area contributed by atoms with Crippen LogP contribution in [0, 0.1) is 10.1 Å². The summed E-state index contributed by atoms with van der Waals surface area (Å²) in [6, 6.07) is 1.22. The van der Waals surface area contributed by atoms with Gasteiger partial charge in [-0.2, -0.15) is 0 Å². The Kier molecular flexibility index (Phi) is 3.64.